The predicted octanol–water partition coefficient (Wildman–Crippen LogP) is 2.83. The Labute approximate surface area is 134 Å². The molecule has 1 aromatic rings. The zero-order valence-corrected chi connectivity index (χ0v) is 13.5. The number of urea groups is 1. The molecule has 3 atom stereocenters. The molecule has 0 aliphatic heterocycles. The molecule has 22 heavy (non-hydrogen) atoms. The molecule has 1 aliphatic carbocycles. The molecule has 1 fully saturated rings. The number of benzene rings is 1. The molecule has 0 radical (unpaired) electrons. The molecule has 2 rings (SSSR count). The van der Waals surface area contributed by atoms with Gasteiger partial charge in [0.1, 0.15) is 5.82 Å². The maximum atomic E-state index is 13.5. The van der Waals surface area contributed by atoms with Gasteiger partial charge < -0.3 is 15.7 Å². The molecule has 0 aromatic heterocycles. The molecule has 6 heteroatoms. The number of carbonyl (C=O) groups is 1. The summed E-state index contributed by atoms with van der Waals surface area (Å²) in [6.07, 6.45) is 5.33. The average Bonchev–Trinajstić information content (AvgIpc) is 2.53. The van der Waals surface area contributed by atoms with Crippen LogP contribution < -0.4 is 10.6 Å². The summed E-state index contributed by atoms with van der Waals surface area (Å²) in [5.74, 6) is -0.465. The Hall–Kier alpha value is -1.27. The first-order chi connectivity index (χ1) is 10.6. The van der Waals surface area contributed by atoms with Crippen LogP contribution in [0, 0.1) is 5.82 Å². The molecule has 0 spiro atoms. The number of amides is 2. The van der Waals surface area contributed by atoms with Gasteiger partial charge in [-0.05, 0) is 31.6 Å². The number of thioether (sulfide) groups is 1. The van der Waals surface area contributed by atoms with Gasteiger partial charge in [0, 0.05) is 23.4 Å². The molecule has 3 N–H and O–H groups in total. The van der Waals surface area contributed by atoms with Gasteiger partial charge in [-0.3, -0.25) is 0 Å². The molecule has 0 bridgehead atoms. The van der Waals surface area contributed by atoms with Crippen molar-refractivity contribution in [3.8, 4) is 0 Å². The average molecular weight is 326 g/mol. The van der Waals surface area contributed by atoms with Gasteiger partial charge in [-0.2, -0.15) is 11.8 Å². The third-order valence-electron chi connectivity index (χ3n) is 4.01. The highest BCUT2D eigenvalue weighted by Gasteiger charge is 2.22. The molecule has 1 saturated carbocycles. The van der Waals surface area contributed by atoms with E-state index in [0.29, 0.717) is 5.25 Å². The van der Waals surface area contributed by atoms with Crippen molar-refractivity contribution in [2.45, 2.75) is 43.1 Å². The van der Waals surface area contributed by atoms with Gasteiger partial charge in [-0.25, -0.2) is 9.18 Å². The van der Waals surface area contributed by atoms with E-state index in [9.17, 15) is 14.3 Å². The second-order valence-corrected chi connectivity index (χ2v) is 6.75. The predicted molar refractivity (Wildman–Crippen MR) is 87.5 cm³/mol. The van der Waals surface area contributed by atoms with Crippen LogP contribution in [0.1, 0.15) is 37.4 Å². The number of hydrogen-bond acceptors (Lipinski definition) is 3. The molecule has 0 heterocycles. The van der Waals surface area contributed by atoms with Crippen LogP contribution in [-0.2, 0) is 0 Å². The number of rotatable bonds is 5. The van der Waals surface area contributed by atoms with Crippen molar-refractivity contribution in [2.24, 2.45) is 0 Å². The maximum absolute atomic E-state index is 13.5. The van der Waals surface area contributed by atoms with Crippen molar-refractivity contribution in [3.63, 3.8) is 0 Å². The van der Waals surface area contributed by atoms with Gasteiger partial charge >= 0.3 is 6.03 Å². The summed E-state index contributed by atoms with van der Waals surface area (Å²) < 4.78 is 13.5. The van der Waals surface area contributed by atoms with Crippen LogP contribution in [0.3, 0.4) is 0 Å². The molecular formula is C16H23FN2O2S. The Morgan fingerprint density at radius 3 is 2.95 bits per heavy atom. The monoisotopic (exact) mass is 326 g/mol. The van der Waals surface area contributed by atoms with E-state index in [0.717, 1.165) is 19.3 Å². The molecule has 1 aliphatic rings. The van der Waals surface area contributed by atoms with Crippen LogP contribution in [0.5, 0.6) is 0 Å². The van der Waals surface area contributed by atoms with Gasteiger partial charge in [0.15, 0.2) is 0 Å². The second-order valence-electron chi connectivity index (χ2n) is 5.61. The minimum absolute atomic E-state index is 0.00849. The smallest absolute Gasteiger partial charge is 0.315 e. The highest BCUT2D eigenvalue weighted by Crippen LogP contribution is 2.26. The summed E-state index contributed by atoms with van der Waals surface area (Å²) in [4.78, 5) is 11.9. The van der Waals surface area contributed by atoms with Crippen molar-refractivity contribution in [1.82, 2.24) is 10.6 Å². The van der Waals surface area contributed by atoms with E-state index in [1.165, 1.54) is 18.6 Å². The minimum Gasteiger partial charge on any atom is -0.386 e. The third kappa shape index (κ3) is 4.88. The van der Waals surface area contributed by atoms with Crippen LogP contribution in [0.2, 0.25) is 0 Å². The highest BCUT2D eigenvalue weighted by molar-refractivity contribution is 7.99. The minimum atomic E-state index is -1.04. The quantitative estimate of drug-likeness (QED) is 0.780. The summed E-state index contributed by atoms with van der Waals surface area (Å²) in [5, 5.41) is 16.1. The summed E-state index contributed by atoms with van der Waals surface area (Å²) in [5.41, 5.74) is 0.197. The fourth-order valence-corrected chi connectivity index (χ4v) is 3.60. The third-order valence-corrected chi connectivity index (χ3v) is 5.11. The molecule has 122 valence electrons. The fourth-order valence-electron chi connectivity index (χ4n) is 2.77. The standard InChI is InChI=1S/C16H23FN2O2S/c1-22-12-6-4-5-11(9-12)19-16(21)18-10-15(20)13-7-2-3-8-14(13)17/h2-3,7-8,11-12,15,20H,4-6,9-10H2,1H3,(H2,18,19,21). The van der Waals surface area contributed by atoms with Gasteiger partial charge in [-0.15, -0.1) is 0 Å². The van der Waals surface area contributed by atoms with Gasteiger partial charge in [0.05, 0.1) is 6.10 Å². The highest BCUT2D eigenvalue weighted by atomic mass is 32.2. The van der Waals surface area contributed by atoms with Crippen LogP contribution in [0.25, 0.3) is 0 Å². The second kappa shape index (κ2) is 8.39. The van der Waals surface area contributed by atoms with Crippen molar-refractivity contribution in [2.75, 3.05) is 12.8 Å². The van der Waals surface area contributed by atoms with E-state index in [1.54, 1.807) is 12.1 Å². The zero-order valence-electron chi connectivity index (χ0n) is 12.7. The largest absolute Gasteiger partial charge is 0.386 e. The number of halogens is 1. The zero-order chi connectivity index (χ0) is 15.9. The number of hydrogen-bond donors (Lipinski definition) is 3. The van der Waals surface area contributed by atoms with Crippen LogP contribution >= 0.6 is 11.8 Å². The summed E-state index contributed by atoms with van der Waals surface area (Å²) in [7, 11) is 0. The lowest BCUT2D eigenvalue weighted by atomic mass is 9.95. The van der Waals surface area contributed by atoms with Crippen LogP contribution in [0.15, 0.2) is 24.3 Å². The van der Waals surface area contributed by atoms with E-state index >= 15 is 0 Å². The van der Waals surface area contributed by atoms with E-state index < -0.39 is 11.9 Å². The lowest BCUT2D eigenvalue weighted by Crippen LogP contribution is -2.45. The molecule has 0 saturated heterocycles. The molecule has 1 aromatic carbocycles. The van der Waals surface area contributed by atoms with Gasteiger partial charge in [-0.1, -0.05) is 24.6 Å². The fraction of sp³-hybridized carbons (Fsp3) is 0.562. The van der Waals surface area contributed by atoms with E-state index in [2.05, 4.69) is 16.9 Å². The first kappa shape index (κ1) is 17.1. The van der Waals surface area contributed by atoms with E-state index in [1.807, 2.05) is 11.8 Å². The topological polar surface area (TPSA) is 61.4 Å². The summed E-state index contributed by atoms with van der Waals surface area (Å²) in [6, 6.07) is 5.91. The van der Waals surface area contributed by atoms with E-state index in [-0.39, 0.29) is 24.2 Å². The Morgan fingerprint density at radius 2 is 2.23 bits per heavy atom. The number of aliphatic hydroxyl groups is 1. The van der Waals surface area contributed by atoms with Crippen molar-refractivity contribution < 1.29 is 14.3 Å². The van der Waals surface area contributed by atoms with Crippen LogP contribution in [0.4, 0.5) is 9.18 Å². The molecule has 3 unspecified atom stereocenters. The normalized spacial score (nSPS) is 22.9. The lowest BCUT2D eigenvalue weighted by Gasteiger charge is -2.28. The Bertz CT molecular complexity index is 501. The van der Waals surface area contributed by atoms with Crippen molar-refractivity contribution in [1.29, 1.82) is 0 Å². The van der Waals surface area contributed by atoms with Crippen LogP contribution in [-0.4, -0.2) is 35.2 Å². The Balaban J connectivity index is 1.77. The molecule has 2 amide bonds. The number of aliphatic hydroxyl groups excluding tert-OH is 1. The summed E-state index contributed by atoms with van der Waals surface area (Å²) in [6.45, 7) is -0.00849. The maximum Gasteiger partial charge on any atom is 0.315 e. The summed E-state index contributed by atoms with van der Waals surface area (Å²) >= 11 is 1.84. The van der Waals surface area contributed by atoms with E-state index in [4.69, 9.17) is 0 Å². The Kier molecular flexibility index (Phi) is 6.51. The number of carbonyl (C=O) groups excluding carboxylic acids is 1. The first-order valence-corrected chi connectivity index (χ1v) is 8.88. The number of nitrogens with one attached hydrogen (secondary N) is 2. The van der Waals surface area contributed by atoms with Gasteiger partial charge in [0.2, 0.25) is 0 Å². The molecular weight excluding hydrogens is 303 g/mol. The van der Waals surface area contributed by atoms with Crippen molar-refractivity contribution >= 4 is 17.8 Å². The van der Waals surface area contributed by atoms with Gasteiger partial charge in [0.25, 0.3) is 0 Å². The SMILES string of the molecule is CSC1CCCC(NC(=O)NCC(O)c2ccccc2F)C1. The van der Waals surface area contributed by atoms with Crippen molar-refractivity contribution in [3.05, 3.63) is 35.6 Å². The Morgan fingerprint density at radius 1 is 1.45 bits per heavy atom. The first-order valence-electron chi connectivity index (χ1n) is 7.59. The molecule has 4 nitrogen and oxygen atoms in total. The lowest BCUT2D eigenvalue weighted by molar-refractivity contribution is 0.168.